The summed E-state index contributed by atoms with van der Waals surface area (Å²) in [5.74, 6) is -0.599. The second kappa shape index (κ2) is 10.0. The Kier molecular flexibility index (Phi) is 15.7. The molecule has 0 unspecified atom stereocenters. The van der Waals surface area contributed by atoms with Gasteiger partial charge in [0.2, 0.25) is 0 Å². The fourth-order valence-electron chi connectivity index (χ4n) is 0.415. The number of hydrogen-bond acceptors (Lipinski definition) is 3. The molecule has 0 spiro atoms. The van der Waals surface area contributed by atoms with Crippen molar-refractivity contribution in [1.29, 1.82) is 0 Å². The van der Waals surface area contributed by atoms with Gasteiger partial charge in [0.15, 0.2) is 0 Å². The van der Waals surface area contributed by atoms with Gasteiger partial charge in [0.05, 0.1) is 6.61 Å². The van der Waals surface area contributed by atoms with Crippen LogP contribution in [0, 0.1) is 7.43 Å². The van der Waals surface area contributed by atoms with Crippen molar-refractivity contribution < 1.29 is 40.5 Å². The topological polar surface area (TPSA) is 43.4 Å². The monoisotopic (exact) mass is 235 g/mol. The summed E-state index contributed by atoms with van der Waals surface area (Å²) in [6.07, 6.45) is -0.103. The Balaban J connectivity index is -0.000000320. The SMILES string of the molecule is CCOC(=O)CC(C)=O.[CH3-].[Zr]. The largest absolute Gasteiger partial charge is 0.466 e. The number of carbonyl (C=O) groups excluding carboxylic acids is 2. The first kappa shape index (κ1) is 17.2. The molecule has 0 amide bonds. The normalized spacial score (nSPS) is 7.09. The van der Waals surface area contributed by atoms with E-state index in [2.05, 4.69) is 4.74 Å². The molecule has 0 aromatic rings. The van der Waals surface area contributed by atoms with Gasteiger partial charge in [0.25, 0.3) is 0 Å². The van der Waals surface area contributed by atoms with Crippen molar-refractivity contribution in [3.05, 3.63) is 7.43 Å². The smallest absolute Gasteiger partial charge is 0.313 e. The Bertz CT molecular complexity index is 123. The first-order valence-corrected chi connectivity index (χ1v) is 2.82. The van der Waals surface area contributed by atoms with Crippen LogP contribution in [-0.2, 0) is 40.5 Å². The number of esters is 1. The van der Waals surface area contributed by atoms with Crippen LogP contribution < -0.4 is 0 Å². The van der Waals surface area contributed by atoms with E-state index in [1.165, 1.54) is 6.92 Å². The van der Waals surface area contributed by atoms with Gasteiger partial charge in [-0.05, 0) is 13.8 Å². The molecule has 0 saturated carbocycles. The predicted octanol–water partition coefficient (Wildman–Crippen LogP) is 0.976. The number of rotatable bonds is 3. The summed E-state index contributed by atoms with van der Waals surface area (Å²) in [5.41, 5.74) is 0. The predicted molar refractivity (Wildman–Crippen MR) is 38.3 cm³/mol. The van der Waals surface area contributed by atoms with Crippen LogP contribution in [0.2, 0.25) is 0 Å². The number of Topliss-reactive ketones (excluding diaryl/α,β-unsaturated/α-hetero) is 1. The second-order valence-corrected chi connectivity index (χ2v) is 1.68. The number of hydrogen-bond donors (Lipinski definition) is 0. The molecule has 0 rings (SSSR count). The molecule has 0 aromatic carbocycles. The molecule has 0 saturated heterocycles. The fraction of sp³-hybridized carbons (Fsp3) is 0.571. The van der Waals surface area contributed by atoms with Crippen LogP contribution in [-0.4, -0.2) is 18.4 Å². The van der Waals surface area contributed by atoms with Crippen LogP contribution in [0.5, 0.6) is 0 Å². The van der Waals surface area contributed by atoms with Gasteiger partial charge >= 0.3 is 5.97 Å². The second-order valence-electron chi connectivity index (χ2n) is 1.68. The van der Waals surface area contributed by atoms with Gasteiger partial charge in [0.1, 0.15) is 12.2 Å². The van der Waals surface area contributed by atoms with Gasteiger partial charge in [-0.25, -0.2) is 0 Å². The van der Waals surface area contributed by atoms with E-state index in [1.807, 2.05) is 0 Å². The van der Waals surface area contributed by atoms with Crippen LogP contribution in [0.3, 0.4) is 0 Å². The zero-order valence-corrected chi connectivity index (χ0v) is 9.60. The summed E-state index contributed by atoms with van der Waals surface area (Å²) in [6.45, 7) is 3.40. The van der Waals surface area contributed by atoms with E-state index in [4.69, 9.17) is 0 Å². The maximum Gasteiger partial charge on any atom is 0.313 e. The molecule has 64 valence electrons. The summed E-state index contributed by atoms with van der Waals surface area (Å²) in [5, 5.41) is 0. The average molecular weight is 236 g/mol. The number of ketones is 1. The van der Waals surface area contributed by atoms with Gasteiger partial charge in [0, 0.05) is 26.2 Å². The molecular formula is C7H13O3Zr-. The third kappa shape index (κ3) is 13.1. The van der Waals surface area contributed by atoms with E-state index in [9.17, 15) is 9.59 Å². The Morgan fingerprint density at radius 1 is 1.36 bits per heavy atom. The van der Waals surface area contributed by atoms with Crippen molar-refractivity contribution in [2.45, 2.75) is 20.3 Å². The first-order chi connectivity index (χ1) is 4.16. The zero-order chi connectivity index (χ0) is 7.28. The Morgan fingerprint density at radius 3 is 2.09 bits per heavy atom. The molecular weight excluding hydrogens is 223 g/mol. The van der Waals surface area contributed by atoms with E-state index in [0.717, 1.165) is 0 Å². The summed E-state index contributed by atoms with van der Waals surface area (Å²) < 4.78 is 4.49. The van der Waals surface area contributed by atoms with Crippen LogP contribution in [0.1, 0.15) is 20.3 Å². The standard InChI is InChI=1S/C6H10O3.CH3.Zr/c1-3-9-6(8)4-5(2)7;;/h3-4H2,1-2H3;1H3;/q;-1;. The zero-order valence-electron chi connectivity index (χ0n) is 7.14. The minimum absolute atomic E-state index is 0. The summed E-state index contributed by atoms with van der Waals surface area (Å²) >= 11 is 0. The van der Waals surface area contributed by atoms with Crippen molar-refractivity contribution in [3.8, 4) is 0 Å². The van der Waals surface area contributed by atoms with Gasteiger partial charge in [-0.15, -0.1) is 0 Å². The molecule has 0 N–H and O–H groups in total. The molecule has 0 aliphatic rings. The molecule has 0 atom stereocenters. The molecule has 4 heteroatoms. The summed E-state index contributed by atoms with van der Waals surface area (Å²) in [4.78, 5) is 20.6. The number of carbonyl (C=O) groups is 2. The Hall–Kier alpha value is 0.0231. The third-order valence-electron chi connectivity index (χ3n) is 0.699. The maximum atomic E-state index is 10.4. The van der Waals surface area contributed by atoms with Gasteiger partial charge in [-0.2, -0.15) is 0 Å². The molecule has 0 heterocycles. The quantitative estimate of drug-likeness (QED) is 0.417. The first-order valence-electron chi connectivity index (χ1n) is 2.82. The molecule has 0 radical (unpaired) electrons. The molecule has 11 heavy (non-hydrogen) atoms. The van der Waals surface area contributed by atoms with Crippen LogP contribution in [0.15, 0.2) is 0 Å². The maximum absolute atomic E-state index is 10.4. The van der Waals surface area contributed by atoms with E-state index >= 15 is 0 Å². The molecule has 0 bridgehead atoms. The van der Waals surface area contributed by atoms with E-state index in [-0.39, 0.29) is 45.8 Å². The summed E-state index contributed by atoms with van der Waals surface area (Å²) in [6, 6.07) is 0. The minimum Gasteiger partial charge on any atom is -0.466 e. The van der Waals surface area contributed by atoms with Crippen molar-refractivity contribution in [1.82, 2.24) is 0 Å². The van der Waals surface area contributed by atoms with Crippen molar-refractivity contribution >= 4 is 11.8 Å². The van der Waals surface area contributed by atoms with Crippen molar-refractivity contribution in [2.24, 2.45) is 0 Å². The Morgan fingerprint density at radius 2 is 1.82 bits per heavy atom. The fourth-order valence-corrected chi connectivity index (χ4v) is 0.415. The van der Waals surface area contributed by atoms with E-state index in [0.29, 0.717) is 6.61 Å². The van der Waals surface area contributed by atoms with Gasteiger partial charge in [-0.1, -0.05) is 0 Å². The van der Waals surface area contributed by atoms with E-state index < -0.39 is 5.97 Å². The molecule has 0 aromatic heterocycles. The number of ether oxygens (including phenoxy) is 1. The summed E-state index contributed by atoms with van der Waals surface area (Å²) in [7, 11) is 0. The van der Waals surface area contributed by atoms with E-state index in [1.54, 1.807) is 6.92 Å². The van der Waals surface area contributed by atoms with Crippen molar-refractivity contribution in [3.63, 3.8) is 0 Å². The molecule has 0 aliphatic carbocycles. The third-order valence-corrected chi connectivity index (χ3v) is 0.699. The van der Waals surface area contributed by atoms with Crippen molar-refractivity contribution in [2.75, 3.05) is 6.61 Å². The van der Waals surface area contributed by atoms with Crippen LogP contribution in [0.4, 0.5) is 0 Å². The molecule has 3 nitrogen and oxygen atoms in total. The van der Waals surface area contributed by atoms with Gasteiger partial charge in [-0.3, -0.25) is 9.59 Å². The van der Waals surface area contributed by atoms with Crippen LogP contribution >= 0.6 is 0 Å². The van der Waals surface area contributed by atoms with Crippen LogP contribution in [0.25, 0.3) is 0 Å². The van der Waals surface area contributed by atoms with Gasteiger partial charge < -0.3 is 12.2 Å². The average Bonchev–Trinajstić information content (AvgIpc) is 1.63. The molecule has 0 fully saturated rings. The molecule has 0 aliphatic heterocycles. The minimum atomic E-state index is -0.440. The Labute approximate surface area is 86.6 Å².